The van der Waals surface area contributed by atoms with E-state index in [1.807, 2.05) is 24.3 Å². The number of nitrogens with zero attached hydrogens (tertiary/aromatic N) is 3. The first-order valence-electron chi connectivity index (χ1n) is 10.5. The predicted octanol–water partition coefficient (Wildman–Crippen LogP) is 3.03. The molecule has 164 valence electrons. The molecular formula is C23H22ClN5O3. The zero-order valence-corrected chi connectivity index (χ0v) is 17.9. The summed E-state index contributed by atoms with van der Waals surface area (Å²) in [5, 5.41) is 20.8. The minimum Gasteiger partial charge on any atom is -0.392 e. The van der Waals surface area contributed by atoms with E-state index in [0.29, 0.717) is 35.9 Å². The number of carbonyl (C=O) groups is 1. The monoisotopic (exact) mass is 451 g/mol. The lowest BCUT2D eigenvalue weighted by Gasteiger charge is -2.28. The summed E-state index contributed by atoms with van der Waals surface area (Å²) in [6, 6.07) is 12.9. The number of aromatic amines is 1. The van der Waals surface area contributed by atoms with Crippen molar-refractivity contribution in [1.29, 1.82) is 0 Å². The molecule has 4 aromatic rings. The van der Waals surface area contributed by atoms with Gasteiger partial charge in [-0.2, -0.15) is 5.10 Å². The Balaban J connectivity index is 1.47. The summed E-state index contributed by atoms with van der Waals surface area (Å²) in [6.07, 6.45) is 2.35. The molecule has 3 atom stereocenters. The molecule has 3 N–H and O–H groups in total. The molecular weight excluding hydrogens is 430 g/mol. The number of H-pyrrole nitrogens is 1. The molecule has 2 aromatic heterocycles. The standard InChI is InChI=1S/C23H22ClN5O3/c24-15-10-13(8-9-20(15)30)22(31)26-18-7-3-6-17-21(18)23(32)29(12-25-17)11-19-14-4-1-2-5-16(14)27-28-19/h1-7,12-13,15,20,30H,8-11H2,(H,26,31)(H,27,28). The van der Waals surface area contributed by atoms with Crippen molar-refractivity contribution < 1.29 is 9.90 Å². The molecule has 0 saturated heterocycles. The quantitative estimate of drug-likeness (QED) is 0.413. The van der Waals surface area contributed by atoms with Crippen LogP contribution in [0.25, 0.3) is 21.8 Å². The fraction of sp³-hybridized carbons (Fsp3) is 0.304. The van der Waals surface area contributed by atoms with Crippen LogP contribution in [0, 0.1) is 5.92 Å². The van der Waals surface area contributed by atoms with E-state index in [-0.39, 0.29) is 23.9 Å². The van der Waals surface area contributed by atoms with Gasteiger partial charge < -0.3 is 10.4 Å². The summed E-state index contributed by atoms with van der Waals surface area (Å²) in [6.45, 7) is 0.277. The maximum atomic E-state index is 13.3. The molecule has 1 saturated carbocycles. The summed E-state index contributed by atoms with van der Waals surface area (Å²) in [5.74, 6) is -0.518. The Morgan fingerprint density at radius 1 is 1.19 bits per heavy atom. The maximum absolute atomic E-state index is 13.3. The van der Waals surface area contributed by atoms with Crippen molar-refractivity contribution in [3.05, 3.63) is 64.8 Å². The van der Waals surface area contributed by atoms with Gasteiger partial charge >= 0.3 is 0 Å². The lowest BCUT2D eigenvalue weighted by atomic mass is 9.86. The molecule has 8 nitrogen and oxygen atoms in total. The predicted molar refractivity (Wildman–Crippen MR) is 123 cm³/mol. The minimum absolute atomic E-state index is 0.204. The Hall–Kier alpha value is -3.23. The Morgan fingerprint density at radius 3 is 2.84 bits per heavy atom. The second-order valence-corrected chi connectivity index (χ2v) is 8.74. The van der Waals surface area contributed by atoms with Gasteiger partial charge in [-0.3, -0.25) is 19.3 Å². The number of halogens is 1. The molecule has 1 amide bonds. The molecule has 0 aliphatic heterocycles. The zero-order chi connectivity index (χ0) is 22.2. The summed E-state index contributed by atoms with van der Waals surface area (Å²) in [4.78, 5) is 30.6. The topological polar surface area (TPSA) is 113 Å². The van der Waals surface area contributed by atoms with Gasteiger partial charge in [0.05, 0.1) is 52.2 Å². The first-order valence-corrected chi connectivity index (χ1v) is 11.0. The highest BCUT2D eigenvalue weighted by atomic mass is 35.5. The van der Waals surface area contributed by atoms with Crippen molar-refractivity contribution in [3.63, 3.8) is 0 Å². The number of hydrogen-bond donors (Lipinski definition) is 3. The van der Waals surface area contributed by atoms with Gasteiger partial charge in [-0.05, 0) is 37.5 Å². The number of aliphatic hydroxyl groups is 1. The van der Waals surface area contributed by atoms with Gasteiger partial charge in [0.2, 0.25) is 5.91 Å². The average molecular weight is 452 g/mol. The van der Waals surface area contributed by atoms with E-state index >= 15 is 0 Å². The molecule has 9 heteroatoms. The number of nitrogens with one attached hydrogen (secondary N) is 2. The van der Waals surface area contributed by atoms with Gasteiger partial charge in [-0.15, -0.1) is 11.6 Å². The van der Waals surface area contributed by atoms with Crippen molar-refractivity contribution in [1.82, 2.24) is 19.7 Å². The number of amides is 1. The van der Waals surface area contributed by atoms with Gasteiger partial charge in [-0.1, -0.05) is 24.3 Å². The summed E-state index contributed by atoms with van der Waals surface area (Å²) in [7, 11) is 0. The molecule has 1 fully saturated rings. The number of para-hydroxylation sites is 1. The van der Waals surface area contributed by atoms with E-state index < -0.39 is 11.5 Å². The van der Waals surface area contributed by atoms with Crippen LogP contribution in [0.3, 0.4) is 0 Å². The van der Waals surface area contributed by atoms with Crippen LogP contribution in [-0.4, -0.2) is 42.2 Å². The largest absolute Gasteiger partial charge is 0.392 e. The van der Waals surface area contributed by atoms with E-state index in [1.54, 1.807) is 18.2 Å². The third-order valence-electron chi connectivity index (χ3n) is 6.09. The summed E-state index contributed by atoms with van der Waals surface area (Å²) >= 11 is 6.16. The van der Waals surface area contributed by atoms with E-state index in [9.17, 15) is 14.7 Å². The molecule has 3 unspecified atom stereocenters. The van der Waals surface area contributed by atoms with Crippen LogP contribution in [0.15, 0.2) is 53.6 Å². The van der Waals surface area contributed by atoms with Crippen LogP contribution in [0.1, 0.15) is 25.0 Å². The van der Waals surface area contributed by atoms with Gasteiger partial charge in [0.1, 0.15) is 0 Å². The van der Waals surface area contributed by atoms with Gasteiger partial charge in [0.15, 0.2) is 0 Å². The van der Waals surface area contributed by atoms with Crippen LogP contribution in [0.2, 0.25) is 0 Å². The second kappa shape index (κ2) is 8.37. The summed E-state index contributed by atoms with van der Waals surface area (Å²) in [5.41, 5.74) is 2.31. The van der Waals surface area contributed by atoms with Crippen LogP contribution in [0.5, 0.6) is 0 Å². The first kappa shape index (κ1) is 20.7. The lowest BCUT2D eigenvalue weighted by molar-refractivity contribution is -0.121. The molecule has 0 radical (unpaired) electrons. The van der Waals surface area contributed by atoms with Crippen LogP contribution in [-0.2, 0) is 11.3 Å². The number of anilines is 1. The number of hydrogen-bond acceptors (Lipinski definition) is 5. The zero-order valence-electron chi connectivity index (χ0n) is 17.2. The van der Waals surface area contributed by atoms with E-state index in [4.69, 9.17) is 11.6 Å². The van der Waals surface area contributed by atoms with Crippen molar-refractivity contribution in [3.8, 4) is 0 Å². The molecule has 1 aliphatic carbocycles. The number of benzene rings is 2. The minimum atomic E-state index is -0.590. The third-order valence-corrected chi connectivity index (χ3v) is 6.56. The van der Waals surface area contributed by atoms with Crippen molar-refractivity contribution in [2.24, 2.45) is 5.92 Å². The van der Waals surface area contributed by atoms with E-state index in [2.05, 4.69) is 20.5 Å². The van der Waals surface area contributed by atoms with Gasteiger partial charge in [-0.25, -0.2) is 4.98 Å². The van der Waals surface area contributed by atoms with Crippen molar-refractivity contribution >= 4 is 45.0 Å². The van der Waals surface area contributed by atoms with Gasteiger partial charge in [0, 0.05) is 11.3 Å². The maximum Gasteiger partial charge on any atom is 0.263 e. The van der Waals surface area contributed by atoms with Gasteiger partial charge in [0.25, 0.3) is 5.56 Å². The van der Waals surface area contributed by atoms with E-state index in [1.165, 1.54) is 10.9 Å². The Labute approximate surface area is 188 Å². The molecule has 32 heavy (non-hydrogen) atoms. The fourth-order valence-electron chi connectivity index (χ4n) is 4.29. The Morgan fingerprint density at radius 2 is 2.00 bits per heavy atom. The van der Waals surface area contributed by atoms with Crippen LogP contribution in [0.4, 0.5) is 5.69 Å². The number of alkyl halides is 1. The molecule has 2 heterocycles. The number of aliphatic hydroxyl groups excluding tert-OH is 1. The second-order valence-electron chi connectivity index (χ2n) is 8.18. The highest BCUT2D eigenvalue weighted by Crippen LogP contribution is 2.30. The molecule has 1 aliphatic rings. The molecule has 0 spiro atoms. The number of fused-ring (bicyclic) bond motifs is 2. The first-order chi connectivity index (χ1) is 15.5. The highest BCUT2D eigenvalue weighted by molar-refractivity contribution is 6.21. The third kappa shape index (κ3) is 3.76. The Bertz CT molecular complexity index is 1360. The molecule has 2 aromatic carbocycles. The fourth-order valence-corrected chi connectivity index (χ4v) is 4.64. The smallest absolute Gasteiger partial charge is 0.263 e. The number of rotatable bonds is 4. The van der Waals surface area contributed by atoms with Crippen molar-refractivity contribution in [2.45, 2.75) is 37.3 Å². The lowest BCUT2D eigenvalue weighted by Crippen LogP contribution is -2.35. The van der Waals surface area contributed by atoms with E-state index in [0.717, 1.165) is 16.6 Å². The highest BCUT2D eigenvalue weighted by Gasteiger charge is 2.32. The molecule has 0 bridgehead atoms. The van der Waals surface area contributed by atoms with Crippen LogP contribution >= 0.6 is 11.6 Å². The van der Waals surface area contributed by atoms with Crippen LogP contribution < -0.4 is 10.9 Å². The molecule has 5 rings (SSSR count). The average Bonchev–Trinajstić information content (AvgIpc) is 3.20. The Kier molecular flexibility index (Phi) is 5.40. The SMILES string of the molecule is O=C(Nc1cccc2ncn(Cc3[nH]nc4ccccc34)c(=O)c12)C1CCC(O)C(Cl)C1. The number of aromatic nitrogens is 4. The summed E-state index contributed by atoms with van der Waals surface area (Å²) < 4.78 is 1.50. The normalized spacial score (nSPS) is 21.1. The number of carbonyl (C=O) groups excluding carboxylic acids is 1. The van der Waals surface area contributed by atoms with Crippen molar-refractivity contribution in [2.75, 3.05) is 5.32 Å².